The number of hydrogen-bond acceptors (Lipinski definition) is 3. The number of pyridine rings is 2. The zero-order chi connectivity index (χ0) is 20.9. The summed E-state index contributed by atoms with van der Waals surface area (Å²) in [6, 6.07) is 17.1. The molecule has 1 fully saturated rings. The van der Waals surface area contributed by atoms with E-state index in [2.05, 4.69) is 54.5 Å². The molecule has 1 N–H and O–H groups in total. The van der Waals surface area contributed by atoms with Gasteiger partial charge in [-0.05, 0) is 55.2 Å². The molecular weight excluding hydrogens is 370 g/mol. The number of anilines is 1. The predicted molar refractivity (Wildman–Crippen MR) is 124 cm³/mol. The van der Waals surface area contributed by atoms with E-state index in [1.807, 2.05) is 35.2 Å². The van der Waals surface area contributed by atoms with E-state index >= 15 is 0 Å². The maximum Gasteiger partial charge on any atom is 0.273 e. The highest BCUT2D eigenvalue weighted by Gasteiger charge is 2.23. The Hall–Kier alpha value is -2.88. The van der Waals surface area contributed by atoms with Crippen LogP contribution in [0.1, 0.15) is 51.0 Å². The fourth-order valence-electron chi connectivity index (χ4n) is 4.48. The lowest BCUT2D eigenvalue weighted by Crippen LogP contribution is -2.31. The van der Waals surface area contributed by atoms with Crippen molar-refractivity contribution >= 4 is 5.69 Å². The predicted octanol–water partition coefficient (Wildman–Crippen LogP) is 5.70. The van der Waals surface area contributed by atoms with Crippen LogP contribution in [0.15, 0.2) is 71.9 Å². The molecule has 2 aromatic heterocycles. The van der Waals surface area contributed by atoms with Crippen molar-refractivity contribution in [3.63, 3.8) is 0 Å². The molecule has 0 unspecified atom stereocenters. The Morgan fingerprint density at radius 3 is 2.47 bits per heavy atom. The van der Waals surface area contributed by atoms with Crippen LogP contribution in [0, 0.1) is 5.92 Å². The third-order valence-electron chi connectivity index (χ3n) is 6.00. The minimum absolute atomic E-state index is 0.0709. The summed E-state index contributed by atoms with van der Waals surface area (Å²) >= 11 is 0. The number of benzene rings is 1. The number of nitrogens with one attached hydrogen (secondary N) is 1. The first-order chi connectivity index (χ1) is 14.6. The molecule has 0 spiro atoms. The second-order valence-corrected chi connectivity index (χ2v) is 8.84. The minimum atomic E-state index is 0.0709. The first kappa shape index (κ1) is 20.4. The van der Waals surface area contributed by atoms with E-state index in [1.54, 1.807) is 6.20 Å². The average Bonchev–Trinajstić information content (AvgIpc) is 2.78. The van der Waals surface area contributed by atoms with Crippen molar-refractivity contribution in [2.24, 2.45) is 5.92 Å². The molecule has 0 aliphatic heterocycles. The summed E-state index contributed by atoms with van der Waals surface area (Å²) in [4.78, 5) is 17.4. The van der Waals surface area contributed by atoms with Gasteiger partial charge in [-0.1, -0.05) is 50.2 Å². The molecule has 0 atom stereocenters. The summed E-state index contributed by atoms with van der Waals surface area (Å²) in [5, 5.41) is 3.59. The molecule has 4 heteroatoms. The van der Waals surface area contributed by atoms with Gasteiger partial charge in [0, 0.05) is 42.3 Å². The van der Waals surface area contributed by atoms with Crippen LogP contribution in [0.25, 0.3) is 11.1 Å². The van der Waals surface area contributed by atoms with Crippen LogP contribution in [-0.2, 0) is 6.54 Å². The molecule has 1 aliphatic carbocycles. The Balaban J connectivity index is 1.54. The summed E-state index contributed by atoms with van der Waals surface area (Å²) in [6.07, 6.45) is 10.1. The molecule has 0 radical (unpaired) electrons. The van der Waals surface area contributed by atoms with Gasteiger partial charge >= 0.3 is 0 Å². The van der Waals surface area contributed by atoms with Crippen molar-refractivity contribution in [2.75, 3.05) is 5.32 Å². The van der Waals surface area contributed by atoms with Gasteiger partial charge < -0.3 is 9.88 Å². The van der Waals surface area contributed by atoms with Crippen molar-refractivity contribution in [1.82, 2.24) is 9.55 Å². The highest BCUT2D eigenvalue weighted by atomic mass is 16.1. The molecule has 4 rings (SSSR count). The first-order valence-corrected chi connectivity index (χ1v) is 11.1. The van der Waals surface area contributed by atoms with Crippen molar-refractivity contribution in [3.8, 4) is 11.1 Å². The zero-order valence-corrected chi connectivity index (χ0v) is 17.9. The molecule has 1 aromatic carbocycles. The molecule has 156 valence electrons. The third kappa shape index (κ3) is 4.81. The summed E-state index contributed by atoms with van der Waals surface area (Å²) in [5.74, 6) is 1.03. The summed E-state index contributed by atoms with van der Waals surface area (Å²) in [7, 11) is 0. The van der Waals surface area contributed by atoms with Crippen molar-refractivity contribution < 1.29 is 0 Å². The molecule has 4 nitrogen and oxygen atoms in total. The zero-order valence-electron chi connectivity index (χ0n) is 17.9. The van der Waals surface area contributed by atoms with E-state index < -0.39 is 0 Å². The monoisotopic (exact) mass is 401 g/mol. The Labute approximate surface area is 179 Å². The van der Waals surface area contributed by atoms with Crippen molar-refractivity contribution in [1.29, 1.82) is 0 Å². The molecule has 0 amide bonds. The Morgan fingerprint density at radius 1 is 1.03 bits per heavy atom. The highest BCUT2D eigenvalue weighted by Crippen LogP contribution is 2.34. The van der Waals surface area contributed by atoms with Crippen LogP contribution in [0.5, 0.6) is 0 Å². The van der Waals surface area contributed by atoms with E-state index in [0.717, 1.165) is 36.8 Å². The van der Waals surface area contributed by atoms with Gasteiger partial charge in [0.2, 0.25) is 0 Å². The number of hydrogen-bond donors (Lipinski definition) is 1. The van der Waals surface area contributed by atoms with E-state index in [4.69, 9.17) is 0 Å². The fourth-order valence-corrected chi connectivity index (χ4v) is 4.48. The first-order valence-electron chi connectivity index (χ1n) is 11.1. The second-order valence-electron chi connectivity index (χ2n) is 8.84. The van der Waals surface area contributed by atoms with Gasteiger partial charge in [0.1, 0.15) is 5.69 Å². The number of nitrogens with zero attached hydrogens (tertiary/aromatic N) is 2. The molecule has 1 saturated carbocycles. The third-order valence-corrected chi connectivity index (χ3v) is 6.00. The number of rotatable bonds is 6. The van der Waals surface area contributed by atoms with Gasteiger partial charge in [-0.2, -0.15) is 0 Å². The van der Waals surface area contributed by atoms with Gasteiger partial charge in [-0.3, -0.25) is 9.78 Å². The average molecular weight is 402 g/mol. The van der Waals surface area contributed by atoms with Gasteiger partial charge in [-0.15, -0.1) is 0 Å². The van der Waals surface area contributed by atoms with Crippen LogP contribution in [0.4, 0.5) is 5.69 Å². The fraction of sp³-hybridized carbons (Fsp3) is 0.385. The SMILES string of the molecule is CC(C)Cn1cc(-c2cccnc2)cc(NC2CCC(c3ccccc3)CC2)c1=O. The Bertz CT molecular complexity index is 1000. The Kier molecular flexibility index (Phi) is 6.32. The van der Waals surface area contributed by atoms with Gasteiger partial charge in [0.25, 0.3) is 5.56 Å². The maximum atomic E-state index is 13.1. The summed E-state index contributed by atoms with van der Waals surface area (Å²) in [5.41, 5.74) is 4.28. The molecule has 0 bridgehead atoms. The van der Waals surface area contributed by atoms with Crippen LogP contribution >= 0.6 is 0 Å². The van der Waals surface area contributed by atoms with Gasteiger partial charge in [0.05, 0.1) is 0 Å². The number of aromatic nitrogens is 2. The topological polar surface area (TPSA) is 46.9 Å². The molecule has 30 heavy (non-hydrogen) atoms. The largest absolute Gasteiger partial charge is 0.378 e. The normalized spacial score (nSPS) is 19.0. The lowest BCUT2D eigenvalue weighted by Gasteiger charge is -2.30. The standard InChI is InChI=1S/C26H31N3O/c1-19(2)17-29-18-23(22-9-6-14-27-16-22)15-25(26(29)30)28-24-12-10-21(11-13-24)20-7-4-3-5-8-20/h3-9,14-16,18-19,21,24,28H,10-13,17H2,1-2H3. The van der Waals surface area contributed by atoms with E-state index in [1.165, 1.54) is 5.56 Å². The van der Waals surface area contributed by atoms with Crippen LogP contribution in [-0.4, -0.2) is 15.6 Å². The lowest BCUT2D eigenvalue weighted by atomic mass is 9.82. The van der Waals surface area contributed by atoms with Gasteiger partial charge in [0.15, 0.2) is 0 Å². The summed E-state index contributed by atoms with van der Waals surface area (Å²) < 4.78 is 1.85. The van der Waals surface area contributed by atoms with Gasteiger partial charge in [-0.25, -0.2) is 0 Å². The summed E-state index contributed by atoms with van der Waals surface area (Å²) in [6.45, 7) is 4.99. The smallest absolute Gasteiger partial charge is 0.273 e. The molecule has 3 aromatic rings. The van der Waals surface area contributed by atoms with E-state index in [0.29, 0.717) is 30.1 Å². The van der Waals surface area contributed by atoms with E-state index in [9.17, 15) is 4.79 Å². The van der Waals surface area contributed by atoms with Crippen LogP contribution in [0.2, 0.25) is 0 Å². The van der Waals surface area contributed by atoms with Crippen molar-refractivity contribution in [2.45, 2.75) is 58.0 Å². The molecule has 1 aliphatic rings. The van der Waals surface area contributed by atoms with Crippen molar-refractivity contribution in [3.05, 3.63) is 83.0 Å². The minimum Gasteiger partial charge on any atom is -0.378 e. The Morgan fingerprint density at radius 2 is 1.80 bits per heavy atom. The maximum absolute atomic E-state index is 13.1. The highest BCUT2D eigenvalue weighted by molar-refractivity contribution is 5.66. The van der Waals surface area contributed by atoms with Crippen LogP contribution in [0.3, 0.4) is 0 Å². The van der Waals surface area contributed by atoms with Crippen LogP contribution < -0.4 is 10.9 Å². The quantitative estimate of drug-likeness (QED) is 0.576. The molecule has 0 saturated heterocycles. The molecule has 2 heterocycles. The molecular formula is C26H31N3O. The van der Waals surface area contributed by atoms with E-state index in [-0.39, 0.29) is 5.56 Å². The lowest BCUT2D eigenvalue weighted by molar-refractivity contribution is 0.411. The second kappa shape index (κ2) is 9.29.